The fraction of sp³-hybridized carbons (Fsp3) is 0.615. The molecule has 3 nitrogen and oxygen atoms in total. The molecule has 1 fully saturated rings. The van der Waals surface area contributed by atoms with Crippen LogP contribution in [0.1, 0.15) is 25.0 Å². The van der Waals surface area contributed by atoms with Crippen LogP contribution in [0.2, 0.25) is 0 Å². The molecule has 88 valence electrons. The van der Waals surface area contributed by atoms with Gasteiger partial charge in [0.2, 0.25) is 0 Å². The zero-order chi connectivity index (χ0) is 11.2. The highest BCUT2D eigenvalue weighted by Gasteiger charge is 2.18. The second kappa shape index (κ2) is 5.97. The Morgan fingerprint density at radius 1 is 1.44 bits per heavy atom. The first-order chi connectivity index (χ1) is 7.88. The Morgan fingerprint density at radius 2 is 2.31 bits per heavy atom. The lowest BCUT2D eigenvalue weighted by Crippen LogP contribution is -2.39. The third-order valence-electron chi connectivity index (χ3n) is 3.28. The van der Waals surface area contributed by atoms with E-state index in [0.29, 0.717) is 6.04 Å². The van der Waals surface area contributed by atoms with Crippen molar-refractivity contribution in [2.45, 2.75) is 31.7 Å². The number of aliphatic hydroxyl groups excluding tert-OH is 1. The molecule has 0 bridgehead atoms. The molecule has 1 aromatic heterocycles. The molecule has 0 spiro atoms. The predicted molar refractivity (Wildman–Crippen MR) is 64.2 cm³/mol. The van der Waals surface area contributed by atoms with Crippen LogP contribution >= 0.6 is 0 Å². The maximum absolute atomic E-state index is 9.32. The van der Waals surface area contributed by atoms with Crippen LogP contribution < -0.4 is 5.32 Å². The summed E-state index contributed by atoms with van der Waals surface area (Å²) in [6, 6.07) is 6.63. The normalized spacial score (nSPS) is 18.1. The van der Waals surface area contributed by atoms with E-state index in [-0.39, 0.29) is 12.5 Å². The van der Waals surface area contributed by atoms with Crippen LogP contribution in [0.5, 0.6) is 0 Å². The van der Waals surface area contributed by atoms with E-state index in [4.69, 9.17) is 0 Å². The summed E-state index contributed by atoms with van der Waals surface area (Å²) in [5.74, 6) is 0.287. The van der Waals surface area contributed by atoms with Crippen LogP contribution in [-0.4, -0.2) is 29.3 Å². The number of hydrogen-bond acceptors (Lipinski definition) is 3. The van der Waals surface area contributed by atoms with Crippen LogP contribution in [-0.2, 0) is 6.42 Å². The van der Waals surface area contributed by atoms with Crippen molar-refractivity contribution < 1.29 is 5.11 Å². The summed E-state index contributed by atoms with van der Waals surface area (Å²) in [5.41, 5.74) is 1.07. The van der Waals surface area contributed by atoms with E-state index in [2.05, 4.69) is 10.3 Å². The Morgan fingerprint density at radius 3 is 2.88 bits per heavy atom. The van der Waals surface area contributed by atoms with Gasteiger partial charge in [-0.15, -0.1) is 0 Å². The van der Waals surface area contributed by atoms with Crippen molar-refractivity contribution in [2.75, 3.05) is 13.2 Å². The minimum atomic E-state index is 0.232. The van der Waals surface area contributed by atoms with E-state index in [0.717, 1.165) is 18.7 Å². The summed E-state index contributed by atoms with van der Waals surface area (Å²) >= 11 is 0. The van der Waals surface area contributed by atoms with Crippen LogP contribution in [0.25, 0.3) is 0 Å². The van der Waals surface area contributed by atoms with Gasteiger partial charge in [0.05, 0.1) is 0 Å². The molecule has 1 aromatic rings. The maximum Gasteiger partial charge on any atom is 0.0475 e. The number of aromatic nitrogens is 1. The SMILES string of the molecule is OCC(CNC1CCC1)Cc1ccccn1. The van der Waals surface area contributed by atoms with Gasteiger partial charge in [0, 0.05) is 31.1 Å². The minimum Gasteiger partial charge on any atom is -0.396 e. The molecule has 0 saturated heterocycles. The Balaban J connectivity index is 1.76. The summed E-state index contributed by atoms with van der Waals surface area (Å²) in [7, 11) is 0. The van der Waals surface area contributed by atoms with Crippen molar-refractivity contribution in [1.82, 2.24) is 10.3 Å². The molecule has 1 aliphatic carbocycles. The first-order valence-corrected chi connectivity index (χ1v) is 6.12. The van der Waals surface area contributed by atoms with E-state index in [1.54, 1.807) is 0 Å². The molecular weight excluding hydrogens is 200 g/mol. The second-order valence-corrected chi connectivity index (χ2v) is 4.61. The lowest BCUT2D eigenvalue weighted by molar-refractivity contribution is 0.208. The van der Waals surface area contributed by atoms with Crippen LogP contribution in [0.3, 0.4) is 0 Å². The Kier molecular flexibility index (Phi) is 4.31. The first kappa shape index (κ1) is 11.6. The van der Waals surface area contributed by atoms with Crippen LogP contribution in [0.15, 0.2) is 24.4 Å². The number of aliphatic hydroxyl groups is 1. The third-order valence-corrected chi connectivity index (χ3v) is 3.28. The summed E-state index contributed by atoms with van der Waals surface area (Å²) in [5, 5.41) is 12.8. The van der Waals surface area contributed by atoms with Gasteiger partial charge in [-0.2, -0.15) is 0 Å². The molecule has 0 amide bonds. The largest absolute Gasteiger partial charge is 0.396 e. The average Bonchev–Trinajstić information content (AvgIpc) is 2.27. The number of nitrogens with one attached hydrogen (secondary N) is 1. The van der Waals surface area contributed by atoms with E-state index in [1.165, 1.54) is 19.3 Å². The highest BCUT2D eigenvalue weighted by Crippen LogP contribution is 2.18. The van der Waals surface area contributed by atoms with Crippen molar-refractivity contribution in [3.05, 3.63) is 30.1 Å². The Bertz CT molecular complexity index is 298. The second-order valence-electron chi connectivity index (χ2n) is 4.61. The predicted octanol–water partition coefficient (Wildman–Crippen LogP) is 1.37. The molecule has 16 heavy (non-hydrogen) atoms. The smallest absolute Gasteiger partial charge is 0.0475 e. The molecule has 0 radical (unpaired) electrons. The molecule has 2 rings (SSSR count). The molecule has 2 N–H and O–H groups in total. The molecule has 1 saturated carbocycles. The zero-order valence-electron chi connectivity index (χ0n) is 9.60. The van der Waals surface area contributed by atoms with E-state index < -0.39 is 0 Å². The zero-order valence-corrected chi connectivity index (χ0v) is 9.60. The van der Waals surface area contributed by atoms with E-state index >= 15 is 0 Å². The van der Waals surface area contributed by atoms with Gasteiger partial charge in [0.25, 0.3) is 0 Å². The summed E-state index contributed by atoms with van der Waals surface area (Å²) in [6.45, 7) is 1.13. The molecule has 1 aliphatic rings. The van der Waals surface area contributed by atoms with Gasteiger partial charge in [0.15, 0.2) is 0 Å². The van der Waals surface area contributed by atoms with Gasteiger partial charge in [-0.05, 0) is 37.3 Å². The average molecular weight is 220 g/mol. The number of pyridine rings is 1. The van der Waals surface area contributed by atoms with E-state index in [1.807, 2.05) is 24.4 Å². The number of nitrogens with zero attached hydrogens (tertiary/aromatic N) is 1. The molecule has 1 heterocycles. The van der Waals surface area contributed by atoms with Gasteiger partial charge in [0.1, 0.15) is 0 Å². The number of hydrogen-bond donors (Lipinski definition) is 2. The molecule has 0 aromatic carbocycles. The fourth-order valence-corrected chi connectivity index (χ4v) is 1.96. The quantitative estimate of drug-likeness (QED) is 0.761. The van der Waals surface area contributed by atoms with Crippen LogP contribution in [0, 0.1) is 5.92 Å². The molecule has 3 heteroatoms. The van der Waals surface area contributed by atoms with Crippen LogP contribution in [0.4, 0.5) is 0 Å². The van der Waals surface area contributed by atoms with E-state index in [9.17, 15) is 5.11 Å². The van der Waals surface area contributed by atoms with Gasteiger partial charge in [-0.1, -0.05) is 12.5 Å². The Hall–Kier alpha value is -0.930. The summed E-state index contributed by atoms with van der Waals surface area (Å²) in [4.78, 5) is 4.29. The minimum absolute atomic E-state index is 0.232. The van der Waals surface area contributed by atoms with Crippen molar-refractivity contribution in [3.8, 4) is 0 Å². The highest BCUT2D eigenvalue weighted by molar-refractivity contribution is 5.04. The monoisotopic (exact) mass is 220 g/mol. The Labute approximate surface area is 96.9 Å². The van der Waals surface area contributed by atoms with Gasteiger partial charge >= 0.3 is 0 Å². The van der Waals surface area contributed by atoms with Crippen molar-refractivity contribution in [3.63, 3.8) is 0 Å². The molecule has 0 aliphatic heterocycles. The highest BCUT2D eigenvalue weighted by atomic mass is 16.3. The maximum atomic E-state index is 9.32. The van der Waals surface area contributed by atoms with Gasteiger partial charge < -0.3 is 10.4 Å². The standard InChI is InChI=1S/C13H20N2O/c16-10-11(9-15-12-5-3-6-12)8-13-4-1-2-7-14-13/h1-2,4,7,11-12,15-16H,3,5-6,8-10H2. The third kappa shape index (κ3) is 3.29. The topological polar surface area (TPSA) is 45.1 Å². The first-order valence-electron chi connectivity index (χ1n) is 6.12. The lowest BCUT2D eigenvalue weighted by atomic mass is 9.92. The fourth-order valence-electron chi connectivity index (χ4n) is 1.96. The lowest BCUT2D eigenvalue weighted by Gasteiger charge is -2.28. The molecule has 1 atom stereocenters. The van der Waals surface area contributed by atoms with Crippen molar-refractivity contribution in [2.24, 2.45) is 5.92 Å². The van der Waals surface area contributed by atoms with Gasteiger partial charge in [-0.25, -0.2) is 0 Å². The van der Waals surface area contributed by atoms with Gasteiger partial charge in [-0.3, -0.25) is 4.98 Å². The number of rotatable bonds is 6. The molecule has 1 unspecified atom stereocenters. The molecular formula is C13H20N2O. The van der Waals surface area contributed by atoms with Crippen molar-refractivity contribution >= 4 is 0 Å². The summed E-state index contributed by atoms with van der Waals surface area (Å²) < 4.78 is 0. The van der Waals surface area contributed by atoms with Crippen molar-refractivity contribution in [1.29, 1.82) is 0 Å². The summed E-state index contributed by atoms with van der Waals surface area (Å²) in [6.07, 6.45) is 6.60.